The van der Waals surface area contributed by atoms with E-state index in [4.69, 9.17) is 16.7 Å². The first kappa shape index (κ1) is 13.6. The van der Waals surface area contributed by atoms with Crippen molar-refractivity contribution in [3.63, 3.8) is 0 Å². The highest BCUT2D eigenvalue weighted by atomic mass is 35.5. The molecule has 1 heterocycles. The van der Waals surface area contributed by atoms with E-state index < -0.39 is 18.0 Å². The fourth-order valence-electron chi connectivity index (χ4n) is 1.90. The summed E-state index contributed by atoms with van der Waals surface area (Å²) in [5.41, 5.74) is 0.581. The highest BCUT2D eigenvalue weighted by molar-refractivity contribution is 6.30. The van der Waals surface area contributed by atoms with E-state index in [1.807, 2.05) is 0 Å². The molecule has 1 aromatic carbocycles. The van der Waals surface area contributed by atoms with E-state index in [1.165, 1.54) is 4.90 Å². The fraction of sp³-hybridized carbons (Fsp3) is 0.333. The molecule has 2 rings (SSSR count). The second-order valence-electron chi connectivity index (χ2n) is 4.19. The molecule has 0 aromatic heterocycles. The van der Waals surface area contributed by atoms with Gasteiger partial charge in [-0.1, -0.05) is 11.6 Å². The summed E-state index contributed by atoms with van der Waals surface area (Å²) in [6.07, 6.45) is 0. The van der Waals surface area contributed by atoms with E-state index >= 15 is 0 Å². The first-order chi connectivity index (χ1) is 9.08. The number of aliphatic carboxylic acids is 1. The third kappa shape index (κ3) is 3.36. The van der Waals surface area contributed by atoms with Crippen molar-refractivity contribution in [2.75, 3.05) is 25.0 Å². The average Bonchev–Trinajstić information content (AvgIpc) is 2.41. The summed E-state index contributed by atoms with van der Waals surface area (Å²) in [6, 6.07) is 5.38. The molecular weight excluding hydrogens is 270 g/mol. The number of benzene rings is 1. The van der Waals surface area contributed by atoms with Crippen LogP contribution >= 0.6 is 11.6 Å². The van der Waals surface area contributed by atoms with Crippen molar-refractivity contribution in [2.45, 2.75) is 6.04 Å². The Kier molecular flexibility index (Phi) is 4.24. The Morgan fingerprint density at radius 2 is 2.05 bits per heavy atom. The van der Waals surface area contributed by atoms with E-state index in [1.54, 1.807) is 24.3 Å². The molecule has 1 aliphatic heterocycles. The number of halogens is 1. The minimum atomic E-state index is -1.02. The lowest BCUT2D eigenvalue weighted by Crippen LogP contribution is -2.58. The Morgan fingerprint density at radius 1 is 1.37 bits per heavy atom. The zero-order valence-corrected chi connectivity index (χ0v) is 10.9. The lowest BCUT2D eigenvalue weighted by Gasteiger charge is -2.33. The predicted octanol–water partition coefficient (Wildman–Crippen LogP) is 1.23. The van der Waals surface area contributed by atoms with Crippen molar-refractivity contribution in [2.24, 2.45) is 0 Å². The molecule has 1 aromatic rings. The van der Waals surface area contributed by atoms with Crippen LogP contribution in [0.25, 0.3) is 0 Å². The Morgan fingerprint density at radius 3 is 2.68 bits per heavy atom. The van der Waals surface area contributed by atoms with Crippen LogP contribution in [0.2, 0.25) is 5.02 Å². The molecule has 0 bridgehead atoms. The quantitative estimate of drug-likeness (QED) is 0.762. The number of nitrogens with zero attached hydrogens (tertiary/aromatic N) is 1. The first-order valence-corrected chi connectivity index (χ1v) is 6.22. The number of amides is 2. The Labute approximate surface area is 115 Å². The van der Waals surface area contributed by atoms with Gasteiger partial charge in [-0.2, -0.15) is 0 Å². The van der Waals surface area contributed by atoms with Crippen LogP contribution in [0.4, 0.5) is 10.5 Å². The second-order valence-corrected chi connectivity index (χ2v) is 4.63. The molecule has 1 unspecified atom stereocenters. The zero-order valence-electron chi connectivity index (χ0n) is 10.1. The van der Waals surface area contributed by atoms with Crippen LogP contribution < -0.4 is 10.6 Å². The number of hydrogen-bond donors (Lipinski definition) is 3. The van der Waals surface area contributed by atoms with Crippen LogP contribution in [0.5, 0.6) is 0 Å². The van der Waals surface area contributed by atoms with Gasteiger partial charge in [0.2, 0.25) is 0 Å². The van der Waals surface area contributed by atoms with Crippen molar-refractivity contribution in [3.05, 3.63) is 29.3 Å². The summed E-state index contributed by atoms with van der Waals surface area (Å²) in [5.74, 6) is -1.02. The molecular formula is C12H14ClN3O3. The summed E-state index contributed by atoms with van der Waals surface area (Å²) in [7, 11) is 0. The number of urea groups is 1. The van der Waals surface area contributed by atoms with Crippen LogP contribution in [0.15, 0.2) is 24.3 Å². The predicted molar refractivity (Wildman–Crippen MR) is 71.5 cm³/mol. The summed E-state index contributed by atoms with van der Waals surface area (Å²) in [5, 5.41) is 15.3. The number of carbonyl (C=O) groups excluding carboxylic acids is 1. The average molecular weight is 284 g/mol. The Hall–Kier alpha value is -1.79. The van der Waals surface area contributed by atoms with E-state index in [9.17, 15) is 9.59 Å². The highest BCUT2D eigenvalue weighted by Gasteiger charge is 2.31. The monoisotopic (exact) mass is 283 g/mol. The van der Waals surface area contributed by atoms with Crippen LogP contribution in [0, 0.1) is 0 Å². The smallest absolute Gasteiger partial charge is 0.327 e. The van der Waals surface area contributed by atoms with E-state index in [0.29, 0.717) is 23.8 Å². The standard InChI is InChI=1S/C12H14ClN3O3/c13-8-1-3-9(4-2-8)15-12(19)16-6-5-14-7-10(16)11(17)18/h1-4,10,14H,5-7H2,(H,15,19)(H,17,18). The van der Waals surface area contributed by atoms with Gasteiger partial charge in [0.25, 0.3) is 0 Å². The fourth-order valence-corrected chi connectivity index (χ4v) is 2.02. The molecule has 19 heavy (non-hydrogen) atoms. The molecule has 2 amide bonds. The van der Waals surface area contributed by atoms with Crippen molar-refractivity contribution < 1.29 is 14.7 Å². The number of hydrogen-bond acceptors (Lipinski definition) is 3. The second kappa shape index (κ2) is 5.90. The van der Waals surface area contributed by atoms with Gasteiger partial charge in [0, 0.05) is 30.3 Å². The Bertz CT molecular complexity index is 478. The van der Waals surface area contributed by atoms with Gasteiger partial charge >= 0.3 is 12.0 Å². The molecule has 1 fully saturated rings. The number of anilines is 1. The molecule has 0 aliphatic carbocycles. The van der Waals surface area contributed by atoms with Crippen LogP contribution in [0.1, 0.15) is 0 Å². The van der Waals surface area contributed by atoms with Crippen molar-refractivity contribution in [1.29, 1.82) is 0 Å². The van der Waals surface area contributed by atoms with Crippen molar-refractivity contribution in [3.8, 4) is 0 Å². The molecule has 3 N–H and O–H groups in total. The van der Waals surface area contributed by atoms with Crippen molar-refractivity contribution >= 4 is 29.3 Å². The maximum Gasteiger partial charge on any atom is 0.327 e. The number of nitrogens with one attached hydrogen (secondary N) is 2. The molecule has 1 atom stereocenters. The molecule has 7 heteroatoms. The molecule has 6 nitrogen and oxygen atoms in total. The lowest BCUT2D eigenvalue weighted by atomic mass is 10.2. The van der Waals surface area contributed by atoms with E-state index in [0.717, 1.165) is 0 Å². The zero-order chi connectivity index (χ0) is 13.8. The van der Waals surface area contributed by atoms with Crippen molar-refractivity contribution in [1.82, 2.24) is 10.2 Å². The van der Waals surface area contributed by atoms with Gasteiger partial charge in [0.15, 0.2) is 0 Å². The topological polar surface area (TPSA) is 81.7 Å². The van der Waals surface area contributed by atoms with Gasteiger partial charge in [0.05, 0.1) is 0 Å². The van der Waals surface area contributed by atoms with Gasteiger partial charge < -0.3 is 20.6 Å². The van der Waals surface area contributed by atoms with Gasteiger partial charge in [-0.25, -0.2) is 9.59 Å². The maximum absolute atomic E-state index is 12.1. The minimum absolute atomic E-state index is 0.253. The number of carboxylic acids is 1. The first-order valence-electron chi connectivity index (χ1n) is 5.84. The minimum Gasteiger partial charge on any atom is -0.480 e. The van der Waals surface area contributed by atoms with Gasteiger partial charge in [-0.05, 0) is 24.3 Å². The summed E-state index contributed by atoms with van der Waals surface area (Å²) >= 11 is 5.75. The molecule has 102 valence electrons. The normalized spacial score (nSPS) is 19.0. The summed E-state index contributed by atoms with van der Waals surface area (Å²) < 4.78 is 0. The molecule has 1 saturated heterocycles. The maximum atomic E-state index is 12.1. The van der Waals surface area contributed by atoms with Gasteiger partial charge in [0.1, 0.15) is 6.04 Å². The largest absolute Gasteiger partial charge is 0.480 e. The number of carbonyl (C=O) groups is 2. The third-order valence-corrected chi connectivity index (χ3v) is 3.14. The van der Waals surface area contributed by atoms with Gasteiger partial charge in [-0.3, -0.25) is 0 Å². The van der Waals surface area contributed by atoms with Crippen LogP contribution in [0.3, 0.4) is 0 Å². The van der Waals surface area contributed by atoms with E-state index in [2.05, 4.69) is 10.6 Å². The van der Waals surface area contributed by atoms with Gasteiger partial charge in [-0.15, -0.1) is 0 Å². The lowest BCUT2D eigenvalue weighted by molar-refractivity contribution is -0.142. The summed E-state index contributed by atoms with van der Waals surface area (Å²) in [6.45, 7) is 1.19. The SMILES string of the molecule is O=C(O)C1CNCCN1C(=O)Nc1ccc(Cl)cc1. The number of carboxylic acid groups (broad SMARTS) is 1. The number of rotatable bonds is 2. The molecule has 1 aliphatic rings. The van der Waals surface area contributed by atoms with E-state index in [-0.39, 0.29) is 6.54 Å². The Balaban J connectivity index is 2.05. The molecule has 0 saturated carbocycles. The highest BCUT2D eigenvalue weighted by Crippen LogP contribution is 2.15. The molecule has 0 radical (unpaired) electrons. The summed E-state index contributed by atoms with van der Waals surface area (Å²) in [4.78, 5) is 24.5. The van der Waals surface area contributed by atoms with Crippen LogP contribution in [-0.4, -0.2) is 47.7 Å². The van der Waals surface area contributed by atoms with Crippen LogP contribution in [-0.2, 0) is 4.79 Å². The number of piperazine rings is 1. The molecule has 0 spiro atoms. The third-order valence-electron chi connectivity index (χ3n) is 2.88.